The molecular weight excluding hydrogens is 392 g/mol. The third-order valence-electron chi connectivity index (χ3n) is 5.32. The number of amides is 1. The molecule has 0 unspecified atom stereocenters. The fraction of sp³-hybridized carbons (Fsp3) is 0.208. The summed E-state index contributed by atoms with van der Waals surface area (Å²) in [6.07, 6.45) is 2.42. The van der Waals surface area contributed by atoms with Crippen molar-refractivity contribution in [3.63, 3.8) is 0 Å². The number of pyridine rings is 1. The molecule has 7 nitrogen and oxygen atoms in total. The van der Waals surface area contributed by atoms with Crippen molar-refractivity contribution in [2.45, 2.75) is 19.3 Å². The van der Waals surface area contributed by atoms with Crippen molar-refractivity contribution in [3.8, 4) is 28.3 Å². The molecule has 158 valence electrons. The molecule has 31 heavy (non-hydrogen) atoms. The van der Waals surface area contributed by atoms with Gasteiger partial charge in [-0.05, 0) is 41.1 Å². The van der Waals surface area contributed by atoms with Gasteiger partial charge in [-0.1, -0.05) is 32.0 Å². The molecule has 0 saturated heterocycles. The molecule has 0 aliphatic heterocycles. The second-order valence-corrected chi connectivity index (χ2v) is 8.02. The largest absolute Gasteiger partial charge is 0.497 e. The Balaban J connectivity index is 1.83. The predicted octanol–water partition coefficient (Wildman–Crippen LogP) is 4.85. The number of benzene rings is 2. The number of methoxy groups -OCH3 is 1. The number of aromatic amines is 1. The summed E-state index contributed by atoms with van der Waals surface area (Å²) in [7, 11) is 1.66. The number of nitrogens with one attached hydrogen (secondary N) is 2. The molecule has 1 amide bonds. The van der Waals surface area contributed by atoms with E-state index in [4.69, 9.17) is 14.8 Å². The molecule has 0 spiro atoms. The third-order valence-corrected chi connectivity index (χ3v) is 5.32. The van der Waals surface area contributed by atoms with Crippen LogP contribution in [0.3, 0.4) is 0 Å². The summed E-state index contributed by atoms with van der Waals surface area (Å²) in [5.74, 6) is 1.52. The highest BCUT2D eigenvalue weighted by Gasteiger charge is 2.27. The van der Waals surface area contributed by atoms with Gasteiger partial charge in [0.1, 0.15) is 11.6 Å². The van der Waals surface area contributed by atoms with Crippen LogP contribution in [-0.4, -0.2) is 39.8 Å². The maximum absolute atomic E-state index is 11.0. The minimum atomic E-state index is -1.06. The van der Waals surface area contributed by atoms with Gasteiger partial charge in [-0.15, -0.1) is 0 Å². The number of rotatable bonds is 6. The van der Waals surface area contributed by atoms with E-state index >= 15 is 0 Å². The summed E-state index contributed by atoms with van der Waals surface area (Å²) in [6, 6.07) is 16.0. The van der Waals surface area contributed by atoms with E-state index in [1.165, 1.54) is 0 Å². The molecule has 2 aromatic carbocycles. The Hall–Kier alpha value is -3.87. The van der Waals surface area contributed by atoms with Gasteiger partial charge >= 0.3 is 6.09 Å². The zero-order valence-corrected chi connectivity index (χ0v) is 17.6. The highest BCUT2D eigenvalue weighted by atomic mass is 16.5. The van der Waals surface area contributed by atoms with Gasteiger partial charge in [0.25, 0.3) is 0 Å². The van der Waals surface area contributed by atoms with Crippen LogP contribution in [0.1, 0.15) is 19.7 Å². The highest BCUT2D eigenvalue weighted by molar-refractivity contribution is 5.90. The average molecular weight is 416 g/mol. The Morgan fingerprint density at radius 3 is 2.48 bits per heavy atom. The van der Waals surface area contributed by atoms with Gasteiger partial charge in [0.15, 0.2) is 0 Å². The molecule has 0 saturated carbocycles. The fourth-order valence-electron chi connectivity index (χ4n) is 3.51. The molecule has 2 aromatic heterocycles. The smallest absolute Gasteiger partial charge is 0.404 e. The number of aromatic nitrogens is 3. The Bertz CT molecular complexity index is 1230. The number of hydrogen-bond donors (Lipinski definition) is 3. The number of hydrogen-bond acceptors (Lipinski definition) is 4. The lowest BCUT2D eigenvalue weighted by Crippen LogP contribution is -2.36. The molecular formula is C24H24N4O3. The molecule has 0 aliphatic rings. The van der Waals surface area contributed by atoms with Crippen molar-refractivity contribution in [2.75, 3.05) is 13.7 Å². The van der Waals surface area contributed by atoms with Crippen LogP contribution in [0.25, 0.3) is 33.3 Å². The second-order valence-electron chi connectivity index (χ2n) is 8.02. The monoisotopic (exact) mass is 416 g/mol. The number of ether oxygens (including phenoxy) is 1. The van der Waals surface area contributed by atoms with Gasteiger partial charge in [-0.2, -0.15) is 0 Å². The number of H-pyrrole nitrogens is 1. The average Bonchev–Trinajstić information content (AvgIpc) is 3.24. The van der Waals surface area contributed by atoms with E-state index in [0.717, 1.165) is 39.0 Å². The summed E-state index contributed by atoms with van der Waals surface area (Å²) in [5, 5.41) is 13.6. The lowest BCUT2D eigenvalue weighted by molar-refractivity contribution is 0.191. The van der Waals surface area contributed by atoms with Crippen molar-refractivity contribution >= 4 is 16.9 Å². The van der Waals surface area contributed by atoms with Crippen LogP contribution in [0.2, 0.25) is 0 Å². The van der Waals surface area contributed by atoms with E-state index < -0.39 is 11.5 Å². The third kappa shape index (κ3) is 4.21. The summed E-state index contributed by atoms with van der Waals surface area (Å²) < 4.78 is 5.32. The van der Waals surface area contributed by atoms with Gasteiger partial charge in [0.05, 0.1) is 18.5 Å². The SMILES string of the molecule is COc1ccc2cc(-c3nc(C(C)(C)CNC(=O)O)[nH]c3-c3ccncc3)ccc2c1. The van der Waals surface area contributed by atoms with Crippen LogP contribution in [0.15, 0.2) is 60.9 Å². The van der Waals surface area contributed by atoms with E-state index in [0.29, 0.717) is 5.82 Å². The first-order chi connectivity index (χ1) is 14.9. The van der Waals surface area contributed by atoms with E-state index in [9.17, 15) is 4.79 Å². The van der Waals surface area contributed by atoms with E-state index in [-0.39, 0.29) is 6.54 Å². The van der Waals surface area contributed by atoms with Crippen molar-refractivity contribution in [1.29, 1.82) is 0 Å². The molecule has 0 atom stereocenters. The normalized spacial score (nSPS) is 11.5. The molecule has 4 aromatic rings. The minimum Gasteiger partial charge on any atom is -0.497 e. The fourth-order valence-corrected chi connectivity index (χ4v) is 3.51. The molecule has 2 heterocycles. The number of nitrogens with zero attached hydrogens (tertiary/aromatic N) is 2. The highest BCUT2D eigenvalue weighted by Crippen LogP contribution is 2.35. The van der Waals surface area contributed by atoms with Crippen LogP contribution in [0.5, 0.6) is 5.75 Å². The topological polar surface area (TPSA) is 100 Å². The standard InChI is InChI=1S/C24H24N4O3/c1-24(2,14-26-23(29)30)22-27-20(15-8-10-25-11-9-15)21(28-22)18-5-4-17-13-19(31-3)7-6-16(17)12-18/h4-13,26H,14H2,1-3H3,(H,27,28)(H,29,30). The van der Waals surface area contributed by atoms with Gasteiger partial charge in [0.2, 0.25) is 0 Å². The number of fused-ring (bicyclic) bond motifs is 1. The van der Waals surface area contributed by atoms with Crippen molar-refractivity contribution in [2.24, 2.45) is 0 Å². The minimum absolute atomic E-state index is 0.239. The van der Waals surface area contributed by atoms with Crippen molar-refractivity contribution < 1.29 is 14.6 Å². The summed E-state index contributed by atoms with van der Waals surface area (Å²) in [5.41, 5.74) is 3.08. The van der Waals surface area contributed by atoms with Gasteiger partial charge in [-0.3, -0.25) is 4.98 Å². The maximum atomic E-state index is 11.0. The van der Waals surface area contributed by atoms with E-state index in [1.807, 2.05) is 50.2 Å². The Kier molecular flexibility index (Phi) is 5.33. The Morgan fingerprint density at radius 2 is 1.77 bits per heavy atom. The summed E-state index contributed by atoms with van der Waals surface area (Å²) in [6.45, 7) is 4.14. The van der Waals surface area contributed by atoms with Crippen molar-refractivity contribution in [1.82, 2.24) is 20.3 Å². The Morgan fingerprint density at radius 1 is 1.06 bits per heavy atom. The van der Waals surface area contributed by atoms with Crippen LogP contribution in [-0.2, 0) is 5.41 Å². The zero-order valence-electron chi connectivity index (χ0n) is 17.6. The molecule has 7 heteroatoms. The van der Waals surface area contributed by atoms with Crippen LogP contribution in [0.4, 0.5) is 4.79 Å². The molecule has 0 bridgehead atoms. The number of carboxylic acid groups (broad SMARTS) is 1. The molecule has 3 N–H and O–H groups in total. The van der Waals surface area contributed by atoms with Gasteiger partial charge in [-0.25, -0.2) is 9.78 Å². The summed E-state index contributed by atoms with van der Waals surface area (Å²) in [4.78, 5) is 23.5. The molecule has 0 aliphatic carbocycles. The first-order valence-corrected chi connectivity index (χ1v) is 9.93. The Labute approximate surface area is 180 Å². The van der Waals surface area contributed by atoms with Crippen molar-refractivity contribution in [3.05, 3.63) is 66.7 Å². The van der Waals surface area contributed by atoms with Gasteiger partial charge in [0, 0.05) is 35.5 Å². The number of carbonyl (C=O) groups is 1. The van der Waals surface area contributed by atoms with Gasteiger partial charge < -0.3 is 20.1 Å². The van der Waals surface area contributed by atoms with Crippen LogP contribution in [0, 0.1) is 0 Å². The molecule has 0 fully saturated rings. The molecule has 4 rings (SSSR count). The predicted molar refractivity (Wildman–Crippen MR) is 120 cm³/mol. The first kappa shape index (κ1) is 20.4. The van der Waals surface area contributed by atoms with Crippen LogP contribution >= 0.6 is 0 Å². The zero-order chi connectivity index (χ0) is 22.0. The summed E-state index contributed by atoms with van der Waals surface area (Å²) >= 11 is 0. The maximum Gasteiger partial charge on any atom is 0.404 e. The lowest BCUT2D eigenvalue weighted by atomic mass is 9.92. The second kappa shape index (κ2) is 8.10. The first-order valence-electron chi connectivity index (χ1n) is 9.93. The quantitative estimate of drug-likeness (QED) is 0.417. The van der Waals surface area contributed by atoms with E-state index in [1.54, 1.807) is 19.5 Å². The van der Waals surface area contributed by atoms with E-state index in [2.05, 4.69) is 27.4 Å². The molecule has 0 radical (unpaired) electrons. The van der Waals surface area contributed by atoms with Crippen LogP contribution < -0.4 is 10.1 Å². The number of imidazole rings is 1. The lowest BCUT2D eigenvalue weighted by Gasteiger charge is -2.21.